The van der Waals surface area contributed by atoms with E-state index >= 15 is 0 Å². The van der Waals surface area contributed by atoms with Gasteiger partial charge in [-0.2, -0.15) is 0 Å². The molecule has 1 aliphatic carbocycles. The minimum atomic E-state index is -0.781. The number of amides is 2. The SMILES string of the molecule is CCCC1CCCCN1C(=O)NCC1(C(=O)O)CC1. The lowest BCUT2D eigenvalue weighted by Crippen LogP contribution is -2.50. The Labute approximate surface area is 114 Å². The van der Waals surface area contributed by atoms with Gasteiger partial charge in [-0.05, 0) is 38.5 Å². The van der Waals surface area contributed by atoms with Gasteiger partial charge in [0.25, 0.3) is 0 Å². The van der Waals surface area contributed by atoms with Crippen molar-refractivity contribution in [2.24, 2.45) is 5.41 Å². The number of rotatable bonds is 5. The molecule has 2 aliphatic rings. The van der Waals surface area contributed by atoms with Crippen molar-refractivity contribution in [3.8, 4) is 0 Å². The molecule has 108 valence electrons. The first kappa shape index (κ1) is 14.2. The van der Waals surface area contributed by atoms with E-state index in [2.05, 4.69) is 12.2 Å². The molecule has 19 heavy (non-hydrogen) atoms. The molecule has 1 atom stereocenters. The number of urea groups is 1. The van der Waals surface area contributed by atoms with Crippen molar-refractivity contribution in [1.29, 1.82) is 0 Å². The van der Waals surface area contributed by atoms with E-state index in [4.69, 9.17) is 5.11 Å². The average molecular weight is 268 g/mol. The highest BCUT2D eigenvalue weighted by atomic mass is 16.4. The zero-order valence-corrected chi connectivity index (χ0v) is 11.7. The molecule has 5 nitrogen and oxygen atoms in total. The molecule has 0 aromatic heterocycles. The third-order valence-corrected chi connectivity index (χ3v) is 4.40. The van der Waals surface area contributed by atoms with E-state index in [-0.39, 0.29) is 12.6 Å². The van der Waals surface area contributed by atoms with Crippen LogP contribution in [0.1, 0.15) is 51.9 Å². The minimum Gasteiger partial charge on any atom is -0.481 e. The first-order chi connectivity index (χ1) is 9.09. The fraction of sp³-hybridized carbons (Fsp3) is 0.857. The molecule has 2 amide bonds. The summed E-state index contributed by atoms with van der Waals surface area (Å²) in [7, 11) is 0. The Hall–Kier alpha value is -1.26. The van der Waals surface area contributed by atoms with Gasteiger partial charge in [-0.25, -0.2) is 4.79 Å². The van der Waals surface area contributed by atoms with E-state index in [1.807, 2.05) is 4.90 Å². The Morgan fingerprint density at radius 2 is 2.11 bits per heavy atom. The average Bonchev–Trinajstić information content (AvgIpc) is 3.18. The third-order valence-electron chi connectivity index (χ3n) is 4.40. The molecule has 2 rings (SSSR count). The highest BCUT2D eigenvalue weighted by Crippen LogP contribution is 2.45. The lowest BCUT2D eigenvalue weighted by Gasteiger charge is -2.36. The lowest BCUT2D eigenvalue weighted by atomic mass is 9.98. The van der Waals surface area contributed by atoms with E-state index in [0.29, 0.717) is 18.9 Å². The summed E-state index contributed by atoms with van der Waals surface area (Å²) < 4.78 is 0. The second kappa shape index (κ2) is 5.80. The van der Waals surface area contributed by atoms with Gasteiger partial charge in [0.1, 0.15) is 0 Å². The molecule has 1 unspecified atom stereocenters. The van der Waals surface area contributed by atoms with Crippen LogP contribution < -0.4 is 5.32 Å². The highest BCUT2D eigenvalue weighted by molar-refractivity contribution is 5.80. The molecular formula is C14H24N2O3. The van der Waals surface area contributed by atoms with Gasteiger partial charge in [-0.15, -0.1) is 0 Å². The molecule has 2 N–H and O–H groups in total. The van der Waals surface area contributed by atoms with Crippen LogP contribution in [-0.4, -0.2) is 41.1 Å². The van der Waals surface area contributed by atoms with E-state index < -0.39 is 11.4 Å². The van der Waals surface area contributed by atoms with Crippen LogP contribution >= 0.6 is 0 Å². The summed E-state index contributed by atoms with van der Waals surface area (Å²) in [6, 6.07) is 0.254. The van der Waals surface area contributed by atoms with Gasteiger partial charge < -0.3 is 15.3 Å². The zero-order chi connectivity index (χ0) is 13.9. The zero-order valence-electron chi connectivity index (χ0n) is 11.7. The third kappa shape index (κ3) is 3.19. The fourth-order valence-electron chi connectivity index (χ4n) is 2.86. The Morgan fingerprint density at radius 3 is 2.68 bits per heavy atom. The maximum atomic E-state index is 12.2. The van der Waals surface area contributed by atoms with Crippen molar-refractivity contribution < 1.29 is 14.7 Å². The summed E-state index contributed by atoms with van der Waals surface area (Å²) in [5, 5.41) is 11.9. The highest BCUT2D eigenvalue weighted by Gasteiger charge is 2.50. The molecule has 5 heteroatoms. The maximum absolute atomic E-state index is 12.2. The van der Waals surface area contributed by atoms with Crippen LogP contribution in [0.2, 0.25) is 0 Å². The number of aliphatic carboxylic acids is 1. The molecule has 0 aromatic rings. The normalized spacial score (nSPS) is 24.9. The van der Waals surface area contributed by atoms with Crippen LogP contribution in [0.4, 0.5) is 4.79 Å². The van der Waals surface area contributed by atoms with Gasteiger partial charge in [-0.3, -0.25) is 4.79 Å². The van der Waals surface area contributed by atoms with Gasteiger partial charge in [0.15, 0.2) is 0 Å². The first-order valence-electron chi connectivity index (χ1n) is 7.37. The number of carboxylic acids is 1. The molecule has 1 saturated carbocycles. The van der Waals surface area contributed by atoms with E-state index in [0.717, 1.165) is 32.2 Å². The number of carboxylic acid groups (broad SMARTS) is 1. The predicted octanol–water partition coefficient (Wildman–Crippen LogP) is 2.22. The second-order valence-corrected chi connectivity index (χ2v) is 5.88. The van der Waals surface area contributed by atoms with E-state index in [9.17, 15) is 9.59 Å². The Morgan fingerprint density at radius 1 is 1.37 bits per heavy atom. The van der Waals surface area contributed by atoms with Crippen LogP contribution in [0.3, 0.4) is 0 Å². The van der Waals surface area contributed by atoms with Gasteiger partial charge in [-0.1, -0.05) is 13.3 Å². The summed E-state index contributed by atoms with van der Waals surface area (Å²) in [6.45, 7) is 3.21. The lowest BCUT2D eigenvalue weighted by molar-refractivity contribution is -0.143. The number of nitrogens with zero attached hydrogens (tertiary/aromatic N) is 1. The van der Waals surface area contributed by atoms with Gasteiger partial charge >= 0.3 is 12.0 Å². The van der Waals surface area contributed by atoms with Gasteiger partial charge in [0, 0.05) is 19.1 Å². The molecule has 0 spiro atoms. The molecule has 1 aliphatic heterocycles. The molecule has 1 heterocycles. The number of hydrogen-bond acceptors (Lipinski definition) is 2. The van der Waals surface area contributed by atoms with Crippen molar-refractivity contribution >= 4 is 12.0 Å². The molecule has 0 radical (unpaired) electrons. The maximum Gasteiger partial charge on any atom is 0.317 e. The van der Waals surface area contributed by atoms with E-state index in [1.165, 1.54) is 6.42 Å². The van der Waals surface area contributed by atoms with Crippen LogP contribution in [0.5, 0.6) is 0 Å². The van der Waals surface area contributed by atoms with Crippen molar-refractivity contribution in [3.05, 3.63) is 0 Å². The topological polar surface area (TPSA) is 69.6 Å². The standard InChI is InChI=1S/C14H24N2O3/c1-2-5-11-6-3-4-9-16(11)13(19)15-10-14(7-8-14)12(17)18/h11H,2-10H2,1H3,(H,15,19)(H,17,18). The number of carbonyl (C=O) groups is 2. The van der Waals surface area contributed by atoms with Crippen LogP contribution in [0.25, 0.3) is 0 Å². The van der Waals surface area contributed by atoms with Crippen LogP contribution in [0.15, 0.2) is 0 Å². The molecular weight excluding hydrogens is 244 g/mol. The van der Waals surface area contributed by atoms with Crippen LogP contribution in [0, 0.1) is 5.41 Å². The number of hydrogen-bond donors (Lipinski definition) is 2. The summed E-state index contributed by atoms with van der Waals surface area (Å²) in [5.74, 6) is -0.781. The van der Waals surface area contributed by atoms with Crippen molar-refractivity contribution in [1.82, 2.24) is 10.2 Å². The van der Waals surface area contributed by atoms with Gasteiger partial charge in [0.05, 0.1) is 5.41 Å². The smallest absolute Gasteiger partial charge is 0.317 e. The number of likely N-dealkylation sites (tertiary alicyclic amines) is 1. The predicted molar refractivity (Wildman–Crippen MR) is 72.0 cm³/mol. The largest absolute Gasteiger partial charge is 0.481 e. The first-order valence-corrected chi connectivity index (χ1v) is 7.37. The minimum absolute atomic E-state index is 0.0781. The Kier molecular flexibility index (Phi) is 4.32. The summed E-state index contributed by atoms with van der Waals surface area (Å²) in [5.41, 5.74) is -0.675. The van der Waals surface area contributed by atoms with Crippen molar-refractivity contribution in [2.75, 3.05) is 13.1 Å². The Balaban J connectivity index is 1.86. The molecule has 2 fully saturated rings. The van der Waals surface area contributed by atoms with Gasteiger partial charge in [0.2, 0.25) is 0 Å². The van der Waals surface area contributed by atoms with Crippen molar-refractivity contribution in [3.63, 3.8) is 0 Å². The quantitative estimate of drug-likeness (QED) is 0.803. The van der Waals surface area contributed by atoms with Crippen molar-refractivity contribution in [2.45, 2.75) is 57.9 Å². The van der Waals surface area contributed by atoms with Crippen LogP contribution in [-0.2, 0) is 4.79 Å². The Bertz CT molecular complexity index is 351. The molecule has 0 aromatic carbocycles. The van der Waals surface area contributed by atoms with E-state index in [1.54, 1.807) is 0 Å². The summed E-state index contributed by atoms with van der Waals surface area (Å²) in [6.07, 6.45) is 6.80. The summed E-state index contributed by atoms with van der Waals surface area (Å²) >= 11 is 0. The second-order valence-electron chi connectivity index (χ2n) is 5.88. The molecule has 1 saturated heterocycles. The monoisotopic (exact) mass is 268 g/mol. The summed E-state index contributed by atoms with van der Waals surface area (Å²) in [4.78, 5) is 25.2. The number of nitrogens with one attached hydrogen (secondary N) is 1. The fourth-order valence-corrected chi connectivity index (χ4v) is 2.86. The number of piperidine rings is 1. The number of carbonyl (C=O) groups excluding carboxylic acids is 1. The molecule has 0 bridgehead atoms.